The zero-order chi connectivity index (χ0) is 14.0. The maximum Gasteiger partial charge on any atom is 0.0351 e. The summed E-state index contributed by atoms with van der Waals surface area (Å²) in [5, 5.41) is 3.66. The Morgan fingerprint density at radius 1 is 1.05 bits per heavy atom. The summed E-state index contributed by atoms with van der Waals surface area (Å²) in [5.41, 5.74) is 1.81. The van der Waals surface area contributed by atoms with Crippen molar-refractivity contribution in [3.63, 3.8) is 0 Å². The Hall–Kier alpha value is -0.280. The molecule has 1 aromatic carbocycles. The summed E-state index contributed by atoms with van der Waals surface area (Å²) in [5.74, 6) is 0. The van der Waals surface area contributed by atoms with E-state index >= 15 is 0 Å². The maximum absolute atomic E-state index is 3.66. The average molecular weight is 345 g/mol. The molecule has 2 aliphatic heterocycles. The fourth-order valence-electron chi connectivity index (χ4n) is 4.05. The van der Waals surface area contributed by atoms with Gasteiger partial charge in [-0.25, -0.2) is 0 Å². The van der Waals surface area contributed by atoms with Crippen molar-refractivity contribution in [2.45, 2.75) is 63.6 Å². The summed E-state index contributed by atoms with van der Waals surface area (Å²) in [6, 6.07) is 12.5. The van der Waals surface area contributed by atoms with Crippen LogP contribution in [-0.2, 0) is 0 Å². The van der Waals surface area contributed by atoms with E-state index in [2.05, 4.69) is 54.4 Å². The molecule has 2 atom stereocenters. The molecule has 2 saturated heterocycles. The van der Waals surface area contributed by atoms with Crippen LogP contribution >= 0.6 is 24.8 Å². The molecule has 126 valence electrons. The highest BCUT2D eigenvalue weighted by atomic mass is 35.5. The molecule has 2 nitrogen and oxygen atoms in total. The molecule has 0 aliphatic carbocycles. The zero-order valence-corrected chi connectivity index (χ0v) is 15.4. The standard InChI is InChI=1S/C18H28N2.2ClH/c1-18(2)14-16(11-12-19-18)20-13-7-6-10-17(20)15-8-4-3-5-9-15;;/h3-5,8-9,16-17,19H,6-7,10-14H2,1-2H3;2*1H. The molecule has 2 heterocycles. The lowest BCUT2D eigenvalue weighted by Gasteiger charge is -2.47. The third-order valence-electron chi connectivity index (χ3n) is 5.02. The van der Waals surface area contributed by atoms with Gasteiger partial charge in [0, 0.05) is 17.6 Å². The molecule has 0 spiro atoms. The Kier molecular flexibility index (Phi) is 7.67. The Morgan fingerprint density at radius 2 is 1.77 bits per heavy atom. The first-order chi connectivity index (χ1) is 9.66. The predicted molar refractivity (Wildman–Crippen MR) is 99.3 cm³/mol. The van der Waals surface area contributed by atoms with Crippen LogP contribution in [0.2, 0.25) is 0 Å². The van der Waals surface area contributed by atoms with Crippen LogP contribution in [-0.4, -0.2) is 29.6 Å². The van der Waals surface area contributed by atoms with Crippen molar-refractivity contribution in [3.05, 3.63) is 35.9 Å². The lowest BCUT2D eigenvalue weighted by atomic mass is 9.85. The minimum atomic E-state index is 0. The second kappa shape index (κ2) is 8.54. The lowest BCUT2D eigenvalue weighted by Crippen LogP contribution is -2.54. The van der Waals surface area contributed by atoms with Crippen molar-refractivity contribution < 1.29 is 0 Å². The number of hydrogen-bond acceptors (Lipinski definition) is 2. The lowest BCUT2D eigenvalue weighted by molar-refractivity contribution is 0.0528. The third kappa shape index (κ3) is 4.61. The van der Waals surface area contributed by atoms with Gasteiger partial charge in [-0.1, -0.05) is 36.8 Å². The van der Waals surface area contributed by atoms with E-state index < -0.39 is 0 Å². The minimum Gasteiger partial charge on any atom is -0.312 e. The Labute approximate surface area is 147 Å². The summed E-state index contributed by atoms with van der Waals surface area (Å²) in [6.45, 7) is 7.14. The molecule has 0 bridgehead atoms. The molecule has 2 fully saturated rings. The van der Waals surface area contributed by atoms with Gasteiger partial charge >= 0.3 is 0 Å². The summed E-state index contributed by atoms with van der Waals surface area (Å²) in [6.07, 6.45) is 6.65. The molecule has 22 heavy (non-hydrogen) atoms. The maximum atomic E-state index is 3.66. The van der Waals surface area contributed by atoms with Gasteiger partial charge in [-0.2, -0.15) is 0 Å². The van der Waals surface area contributed by atoms with E-state index in [4.69, 9.17) is 0 Å². The second-order valence-electron chi connectivity index (χ2n) is 7.12. The predicted octanol–water partition coefficient (Wildman–Crippen LogP) is 4.59. The van der Waals surface area contributed by atoms with Crippen LogP contribution in [0.25, 0.3) is 0 Å². The van der Waals surface area contributed by atoms with Crippen molar-refractivity contribution in [2.75, 3.05) is 13.1 Å². The highest BCUT2D eigenvalue weighted by molar-refractivity contribution is 5.85. The molecular weight excluding hydrogens is 315 g/mol. The zero-order valence-electron chi connectivity index (χ0n) is 13.8. The van der Waals surface area contributed by atoms with Crippen LogP contribution in [0.5, 0.6) is 0 Å². The SMILES string of the molecule is CC1(C)CC(N2CCCCC2c2ccccc2)CCN1.Cl.Cl. The van der Waals surface area contributed by atoms with Crippen LogP contribution in [0.3, 0.4) is 0 Å². The van der Waals surface area contributed by atoms with Crippen molar-refractivity contribution in [1.29, 1.82) is 0 Å². The molecule has 3 rings (SSSR count). The van der Waals surface area contributed by atoms with Gasteiger partial charge < -0.3 is 5.32 Å². The van der Waals surface area contributed by atoms with E-state index in [1.807, 2.05) is 0 Å². The van der Waals surface area contributed by atoms with Crippen LogP contribution in [0.1, 0.15) is 57.6 Å². The van der Waals surface area contributed by atoms with Crippen molar-refractivity contribution >= 4 is 24.8 Å². The van der Waals surface area contributed by atoms with Crippen LogP contribution in [0.15, 0.2) is 30.3 Å². The number of nitrogens with one attached hydrogen (secondary N) is 1. The van der Waals surface area contributed by atoms with Crippen molar-refractivity contribution in [3.8, 4) is 0 Å². The van der Waals surface area contributed by atoms with E-state index in [0.717, 1.165) is 12.6 Å². The normalized spacial score (nSPS) is 28.3. The van der Waals surface area contributed by atoms with Gasteiger partial charge in [-0.3, -0.25) is 4.90 Å². The quantitative estimate of drug-likeness (QED) is 0.843. The summed E-state index contributed by atoms with van der Waals surface area (Å²) < 4.78 is 0. The molecule has 4 heteroatoms. The van der Waals surface area contributed by atoms with Crippen LogP contribution in [0.4, 0.5) is 0 Å². The van der Waals surface area contributed by atoms with E-state index in [1.54, 1.807) is 0 Å². The number of piperidine rings is 2. The van der Waals surface area contributed by atoms with Gasteiger partial charge in [0.05, 0.1) is 0 Å². The number of benzene rings is 1. The minimum absolute atomic E-state index is 0. The fraction of sp³-hybridized carbons (Fsp3) is 0.667. The summed E-state index contributed by atoms with van der Waals surface area (Å²) in [4.78, 5) is 2.81. The topological polar surface area (TPSA) is 15.3 Å². The number of halogens is 2. The van der Waals surface area contributed by atoms with Crippen molar-refractivity contribution in [2.24, 2.45) is 0 Å². The van der Waals surface area contributed by atoms with Crippen LogP contribution in [0, 0.1) is 0 Å². The number of nitrogens with zero attached hydrogens (tertiary/aromatic N) is 1. The Balaban J connectivity index is 0.00000121. The second-order valence-corrected chi connectivity index (χ2v) is 7.12. The van der Waals surface area contributed by atoms with E-state index in [1.165, 1.54) is 44.2 Å². The molecule has 0 aromatic heterocycles. The first-order valence-corrected chi connectivity index (χ1v) is 8.21. The third-order valence-corrected chi connectivity index (χ3v) is 5.02. The van der Waals surface area contributed by atoms with Crippen molar-refractivity contribution in [1.82, 2.24) is 10.2 Å². The molecular formula is C18H30Cl2N2. The molecule has 2 aliphatic rings. The van der Waals surface area contributed by atoms with E-state index in [0.29, 0.717) is 11.6 Å². The molecule has 0 amide bonds. The van der Waals surface area contributed by atoms with E-state index in [-0.39, 0.29) is 24.8 Å². The Morgan fingerprint density at radius 3 is 2.45 bits per heavy atom. The number of likely N-dealkylation sites (tertiary alicyclic amines) is 1. The highest BCUT2D eigenvalue weighted by Crippen LogP contribution is 2.36. The van der Waals surface area contributed by atoms with Crippen LogP contribution < -0.4 is 5.32 Å². The monoisotopic (exact) mass is 344 g/mol. The number of rotatable bonds is 2. The number of hydrogen-bond donors (Lipinski definition) is 1. The fourth-order valence-corrected chi connectivity index (χ4v) is 4.05. The molecule has 0 saturated carbocycles. The highest BCUT2D eigenvalue weighted by Gasteiger charge is 2.35. The van der Waals surface area contributed by atoms with Gasteiger partial charge in [-0.05, 0) is 58.2 Å². The van der Waals surface area contributed by atoms with Gasteiger partial charge in [-0.15, -0.1) is 24.8 Å². The van der Waals surface area contributed by atoms with Gasteiger partial charge in [0.2, 0.25) is 0 Å². The largest absolute Gasteiger partial charge is 0.312 e. The molecule has 1 N–H and O–H groups in total. The molecule has 0 radical (unpaired) electrons. The molecule has 1 aromatic rings. The average Bonchev–Trinajstić information content (AvgIpc) is 2.47. The smallest absolute Gasteiger partial charge is 0.0351 e. The molecule has 2 unspecified atom stereocenters. The summed E-state index contributed by atoms with van der Waals surface area (Å²) >= 11 is 0. The first kappa shape index (κ1) is 19.8. The first-order valence-electron chi connectivity index (χ1n) is 8.21. The Bertz CT molecular complexity index is 436. The van der Waals surface area contributed by atoms with Gasteiger partial charge in [0.25, 0.3) is 0 Å². The van der Waals surface area contributed by atoms with Gasteiger partial charge in [0.15, 0.2) is 0 Å². The van der Waals surface area contributed by atoms with E-state index in [9.17, 15) is 0 Å². The van der Waals surface area contributed by atoms with Gasteiger partial charge in [0.1, 0.15) is 0 Å². The summed E-state index contributed by atoms with van der Waals surface area (Å²) in [7, 11) is 0.